The van der Waals surface area contributed by atoms with Crippen molar-refractivity contribution in [1.82, 2.24) is 4.98 Å². The number of aromatic nitrogens is 1. The Hall–Kier alpha value is -3.54. The van der Waals surface area contributed by atoms with E-state index in [-0.39, 0.29) is 11.7 Å². The fourth-order valence-electron chi connectivity index (χ4n) is 3.80. The molecule has 0 radical (unpaired) electrons. The van der Waals surface area contributed by atoms with E-state index in [1.807, 2.05) is 18.2 Å². The summed E-state index contributed by atoms with van der Waals surface area (Å²) in [5.74, 6) is 1.26. The van der Waals surface area contributed by atoms with Crippen molar-refractivity contribution >= 4 is 45.9 Å². The van der Waals surface area contributed by atoms with Gasteiger partial charge in [0.1, 0.15) is 11.3 Å². The number of carbonyl (C=O) groups excluding carboxylic acids is 1. The molecular weight excluding hydrogens is 483 g/mol. The van der Waals surface area contributed by atoms with Crippen molar-refractivity contribution in [2.75, 3.05) is 5.32 Å². The molecule has 5 rings (SSSR count). The Balaban J connectivity index is 1.31. The summed E-state index contributed by atoms with van der Waals surface area (Å²) < 4.78 is 11.7. The number of rotatable bonds is 6. The lowest BCUT2D eigenvalue weighted by molar-refractivity contribution is 0.0997. The molecule has 0 aliphatic carbocycles. The van der Waals surface area contributed by atoms with Gasteiger partial charge in [0.05, 0.1) is 10.0 Å². The molecule has 1 atom stereocenters. The van der Waals surface area contributed by atoms with Crippen LogP contribution in [0.2, 0.25) is 10.0 Å². The van der Waals surface area contributed by atoms with Crippen molar-refractivity contribution in [3.63, 3.8) is 0 Å². The Morgan fingerprint density at radius 3 is 2.57 bits per heavy atom. The molecule has 0 spiro atoms. The second-order valence-corrected chi connectivity index (χ2v) is 9.14. The summed E-state index contributed by atoms with van der Waals surface area (Å²) >= 11 is 12.3. The number of benzene rings is 3. The monoisotopic (exact) mass is 504 g/mol. The van der Waals surface area contributed by atoms with Crippen LogP contribution < -0.4 is 5.32 Å². The van der Waals surface area contributed by atoms with E-state index in [2.05, 4.69) is 36.3 Å². The topological polar surface area (TPSA) is 68.3 Å². The quantitative estimate of drug-likeness (QED) is 0.250. The Kier molecular flexibility index (Phi) is 6.37. The average Bonchev–Trinajstić information content (AvgIpc) is 3.53. The third-order valence-corrected chi connectivity index (χ3v) is 6.85. The zero-order valence-corrected chi connectivity index (χ0v) is 20.7. The van der Waals surface area contributed by atoms with Crippen LogP contribution in [0.5, 0.6) is 0 Å². The van der Waals surface area contributed by atoms with Crippen LogP contribution in [0.4, 0.5) is 5.69 Å². The van der Waals surface area contributed by atoms with Crippen LogP contribution in [0.1, 0.15) is 42.3 Å². The molecule has 0 aliphatic rings. The number of fused-ring (bicyclic) bond motifs is 1. The summed E-state index contributed by atoms with van der Waals surface area (Å²) in [5, 5.41) is 3.63. The third-order valence-electron chi connectivity index (χ3n) is 6.03. The largest absolute Gasteiger partial charge is 0.451 e. The van der Waals surface area contributed by atoms with Crippen LogP contribution in [0.15, 0.2) is 81.6 Å². The number of nitrogens with zero attached hydrogens (tertiary/aromatic N) is 1. The minimum Gasteiger partial charge on any atom is -0.451 e. The number of amides is 1. The molecule has 7 heteroatoms. The van der Waals surface area contributed by atoms with Gasteiger partial charge in [-0.25, -0.2) is 4.98 Å². The van der Waals surface area contributed by atoms with Gasteiger partial charge in [-0.05, 0) is 78.6 Å². The Morgan fingerprint density at radius 1 is 1.00 bits per heavy atom. The van der Waals surface area contributed by atoms with E-state index < -0.39 is 0 Å². The Labute approximate surface area is 212 Å². The summed E-state index contributed by atoms with van der Waals surface area (Å²) in [6.45, 7) is 4.37. The highest BCUT2D eigenvalue weighted by Crippen LogP contribution is 2.34. The molecular formula is C28H22Cl2N2O3. The molecule has 35 heavy (non-hydrogen) atoms. The molecule has 1 N–H and O–H groups in total. The number of nitrogens with one attached hydrogen (secondary N) is 1. The Bertz CT molecular complexity index is 1520. The van der Waals surface area contributed by atoms with Gasteiger partial charge in [0.25, 0.3) is 5.91 Å². The van der Waals surface area contributed by atoms with E-state index in [0.717, 1.165) is 23.1 Å². The van der Waals surface area contributed by atoms with E-state index in [9.17, 15) is 4.79 Å². The molecule has 5 nitrogen and oxygen atoms in total. The van der Waals surface area contributed by atoms with Gasteiger partial charge in [-0.15, -0.1) is 0 Å². The first-order chi connectivity index (χ1) is 16.9. The van der Waals surface area contributed by atoms with Crippen LogP contribution in [0.3, 0.4) is 0 Å². The number of carbonyl (C=O) groups is 1. The molecule has 0 fully saturated rings. The SMILES string of the molecule is CCC(C)c1ccc2oc(-c3ccc(NC(=O)c4ccc(-c5cccc(Cl)c5Cl)o4)cc3)nc2c1. The van der Waals surface area contributed by atoms with Gasteiger partial charge >= 0.3 is 0 Å². The van der Waals surface area contributed by atoms with Crippen LogP contribution in [0, 0.1) is 0 Å². The fourth-order valence-corrected chi connectivity index (χ4v) is 4.19. The Morgan fingerprint density at radius 2 is 1.80 bits per heavy atom. The van der Waals surface area contributed by atoms with Gasteiger partial charge in [0.2, 0.25) is 5.89 Å². The molecule has 176 valence electrons. The first kappa shape index (κ1) is 23.2. The summed E-state index contributed by atoms with van der Waals surface area (Å²) in [6.07, 6.45) is 1.07. The van der Waals surface area contributed by atoms with Crippen LogP contribution in [-0.4, -0.2) is 10.9 Å². The van der Waals surface area contributed by atoms with Crippen molar-refractivity contribution in [2.24, 2.45) is 0 Å². The van der Waals surface area contributed by atoms with E-state index in [1.54, 1.807) is 42.5 Å². The molecule has 0 saturated heterocycles. The van der Waals surface area contributed by atoms with Gasteiger partial charge in [-0.2, -0.15) is 0 Å². The molecule has 2 aromatic heterocycles. The standard InChI is InChI=1S/C28H22Cl2N2O3/c1-3-16(2)18-9-12-24-22(15-18)32-28(35-24)17-7-10-19(11-8-17)31-27(33)25-14-13-23(34-25)20-5-4-6-21(29)26(20)30/h4-16H,3H2,1-2H3,(H,31,33). The number of hydrogen-bond donors (Lipinski definition) is 1. The highest BCUT2D eigenvalue weighted by atomic mass is 35.5. The van der Waals surface area contributed by atoms with Gasteiger partial charge in [0, 0.05) is 16.8 Å². The van der Waals surface area contributed by atoms with E-state index in [1.165, 1.54) is 5.56 Å². The molecule has 2 heterocycles. The number of furan rings is 1. The van der Waals surface area contributed by atoms with Crippen LogP contribution in [0.25, 0.3) is 33.9 Å². The molecule has 0 bridgehead atoms. The smallest absolute Gasteiger partial charge is 0.291 e. The summed E-state index contributed by atoms with van der Waals surface area (Å²) in [7, 11) is 0. The lowest BCUT2D eigenvalue weighted by Crippen LogP contribution is -2.10. The lowest BCUT2D eigenvalue weighted by atomic mass is 9.98. The van der Waals surface area contributed by atoms with E-state index in [0.29, 0.717) is 38.9 Å². The predicted octanol–water partition coefficient (Wildman–Crippen LogP) is 8.83. The maximum atomic E-state index is 12.7. The van der Waals surface area contributed by atoms with Crippen LogP contribution in [-0.2, 0) is 0 Å². The number of halogens is 2. The lowest BCUT2D eigenvalue weighted by Gasteiger charge is -2.07. The predicted molar refractivity (Wildman–Crippen MR) is 140 cm³/mol. The zero-order valence-electron chi connectivity index (χ0n) is 19.1. The maximum absolute atomic E-state index is 12.7. The number of oxazole rings is 1. The maximum Gasteiger partial charge on any atom is 0.291 e. The normalized spacial score (nSPS) is 12.1. The van der Waals surface area contributed by atoms with Gasteiger partial charge < -0.3 is 14.2 Å². The van der Waals surface area contributed by atoms with Crippen molar-refractivity contribution < 1.29 is 13.6 Å². The number of hydrogen-bond acceptors (Lipinski definition) is 4. The fraction of sp³-hybridized carbons (Fsp3) is 0.143. The third kappa shape index (κ3) is 4.70. The molecule has 3 aromatic carbocycles. The highest BCUT2D eigenvalue weighted by Gasteiger charge is 2.16. The van der Waals surface area contributed by atoms with Crippen molar-refractivity contribution in [3.05, 3.63) is 94.2 Å². The van der Waals surface area contributed by atoms with E-state index in [4.69, 9.17) is 32.0 Å². The molecule has 1 amide bonds. The second kappa shape index (κ2) is 9.61. The van der Waals surface area contributed by atoms with Gasteiger partial charge in [-0.1, -0.05) is 49.2 Å². The highest BCUT2D eigenvalue weighted by molar-refractivity contribution is 6.43. The van der Waals surface area contributed by atoms with Crippen molar-refractivity contribution in [3.8, 4) is 22.8 Å². The number of anilines is 1. The summed E-state index contributed by atoms with van der Waals surface area (Å²) in [6, 6.07) is 22.0. The zero-order chi connectivity index (χ0) is 24.5. The van der Waals surface area contributed by atoms with Crippen LogP contribution >= 0.6 is 23.2 Å². The van der Waals surface area contributed by atoms with Crippen molar-refractivity contribution in [1.29, 1.82) is 0 Å². The first-order valence-corrected chi connectivity index (χ1v) is 12.0. The molecule has 5 aromatic rings. The summed E-state index contributed by atoms with van der Waals surface area (Å²) in [5.41, 5.74) is 4.89. The van der Waals surface area contributed by atoms with Crippen molar-refractivity contribution in [2.45, 2.75) is 26.2 Å². The molecule has 0 saturated carbocycles. The molecule has 1 unspecified atom stereocenters. The summed E-state index contributed by atoms with van der Waals surface area (Å²) in [4.78, 5) is 17.4. The average molecular weight is 505 g/mol. The minimum atomic E-state index is -0.374. The minimum absolute atomic E-state index is 0.163. The van der Waals surface area contributed by atoms with E-state index >= 15 is 0 Å². The van der Waals surface area contributed by atoms with Gasteiger partial charge in [-0.3, -0.25) is 4.79 Å². The van der Waals surface area contributed by atoms with Gasteiger partial charge in [0.15, 0.2) is 11.3 Å². The molecule has 0 aliphatic heterocycles. The second-order valence-electron chi connectivity index (χ2n) is 8.35. The first-order valence-electron chi connectivity index (χ1n) is 11.3.